The van der Waals surface area contributed by atoms with Gasteiger partial charge < -0.3 is 20.3 Å². The van der Waals surface area contributed by atoms with Crippen molar-refractivity contribution in [1.29, 1.82) is 0 Å². The average molecular weight is 287 g/mol. The van der Waals surface area contributed by atoms with Gasteiger partial charge in [0.15, 0.2) is 11.6 Å². The lowest BCUT2D eigenvalue weighted by atomic mass is 9.97. The Kier molecular flexibility index (Phi) is 5.14. The smallest absolute Gasteiger partial charge is 0.202 e. The third-order valence-corrected chi connectivity index (χ3v) is 3.50. The first-order valence-electron chi connectivity index (χ1n) is 6.72. The van der Waals surface area contributed by atoms with Gasteiger partial charge in [0.2, 0.25) is 5.82 Å². The molecule has 2 rings (SSSR count). The fourth-order valence-electron chi connectivity index (χ4n) is 2.30. The molecule has 2 atom stereocenters. The van der Waals surface area contributed by atoms with Crippen molar-refractivity contribution in [3.63, 3.8) is 0 Å². The lowest BCUT2D eigenvalue weighted by molar-refractivity contribution is -0.0478. The number of rotatable bonds is 5. The Labute approximate surface area is 116 Å². The second kappa shape index (κ2) is 6.85. The number of nitrogens with two attached hydrogens (primary N) is 1. The summed E-state index contributed by atoms with van der Waals surface area (Å²) in [6.45, 7) is 0.547. The lowest BCUT2D eigenvalue weighted by Gasteiger charge is -2.29. The molecule has 0 saturated carbocycles. The van der Waals surface area contributed by atoms with E-state index in [1.807, 2.05) is 0 Å². The molecule has 0 aliphatic carbocycles. The predicted molar refractivity (Wildman–Crippen MR) is 70.4 cm³/mol. The van der Waals surface area contributed by atoms with Crippen LogP contribution >= 0.6 is 0 Å². The van der Waals surface area contributed by atoms with Crippen molar-refractivity contribution in [1.82, 2.24) is 0 Å². The van der Waals surface area contributed by atoms with Crippen LogP contribution in [0.1, 0.15) is 19.3 Å². The molecule has 6 heteroatoms. The lowest BCUT2D eigenvalue weighted by Crippen LogP contribution is -2.34. The topological polar surface area (TPSA) is 64.7 Å². The highest BCUT2D eigenvalue weighted by atomic mass is 19.2. The van der Waals surface area contributed by atoms with Gasteiger partial charge in [-0.15, -0.1) is 0 Å². The Bertz CT molecular complexity index is 450. The van der Waals surface area contributed by atoms with Crippen molar-refractivity contribution >= 4 is 5.69 Å². The molecule has 1 aromatic carbocycles. The molecular weight excluding hydrogens is 268 g/mol. The molecule has 1 aliphatic heterocycles. The van der Waals surface area contributed by atoms with Gasteiger partial charge in [-0.2, -0.15) is 4.39 Å². The Morgan fingerprint density at radius 3 is 2.85 bits per heavy atom. The van der Waals surface area contributed by atoms with E-state index in [2.05, 4.69) is 0 Å². The van der Waals surface area contributed by atoms with Crippen LogP contribution in [0.4, 0.5) is 14.5 Å². The Morgan fingerprint density at radius 2 is 2.20 bits per heavy atom. The number of benzene rings is 1. The molecule has 0 spiro atoms. The molecule has 1 heterocycles. The van der Waals surface area contributed by atoms with Gasteiger partial charge in [-0.05, 0) is 31.4 Å². The number of aliphatic hydroxyl groups is 1. The first kappa shape index (κ1) is 15.0. The zero-order valence-electron chi connectivity index (χ0n) is 11.1. The summed E-state index contributed by atoms with van der Waals surface area (Å²) in [5.41, 5.74) is 5.60. The maximum atomic E-state index is 13.6. The van der Waals surface area contributed by atoms with Crippen LogP contribution in [0.15, 0.2) is 12.1 Å². The summed E-state index contributed by atoms with van der Waals surface area (Å²) in [7, 11) is 0. The van der Waals surface area contributed by atoms with E-state index >= 15 is 0 Å². The first-order valence-corrected chi connectivity index (χ1v) is 6.72. The SMILES string of the molecule is Nc1ccc(F)c(F)c1OC[C@H](CO)C1CCCCO1. The molecule has 1 aliphatic rings. The molecule has 3 N–H and O–H groups in total. The van der Waals surface area contributed by atoms with Gasteiger partial charge in [0, 0.05) is 12.5 Å². The molecule has 1 aromatic rings. The average Bonchev–Trinajstić information content (AvgIpc) is 2.48. The van der Waals surface area contributed by atoms with Crippen LogP contribution in [0.25, 0.3) is 0 Å². The first-order chi connectivity index (χ1) is 9.63. The normalized spacial score (nSPS) is 20.6. The van der Waals surface area contributed by atoms with Gasteiger partial charge in [0.1, 0.15) is 0 Å². The minimum absolute atomic E-state index is 0.0325. The van der Waals surface area contributed by atoms with Crippen LogP contribution in [0.3, 0.4) is 0 Å². The Hall–Kier alpha value is -1.40. The zero-order valence-corrected chi connectivity index (χ0v) is 11.1. The van der Waals surface area contributed by atoms with E-state index < -0.39 is 11.6 Å². The van der Waals surface area contributed by atoms with Crippen molar-refractivity contribution in [2.24, 2.45) is 5.92 Å². The number of ether oxygens (including phenoxy) is 2. The highest BCUT2D eigenvalue weighted by molar-refractivity contribution is 5.53. The van der Waals surface area contributed by atoms with Gasteiger partial charge in [-0.25, -0.2) is 4.39 Å². The number of aliphatic hydroxyl groups excluding tert-OH is 1. The molecule has 1 fully saturated rings. The van der Waals surface area contributed by atoms with E-state index in [1.54, 1.807) is 0 Å². The summed E-state index contributed by atoms with van der Waals surface area (Å²) < 4.78 is 37.6. The van der Waals surface area contributed by atoms with Crippen LogP contribution in [0.5, 0.6) is 5.75 Å². The quantitative estimate of drug-likeness (QED) is 0.814. The molecule has 0 amide bonds. The molecule has 20 heavy (non-hydrogen) atoms. The predicted octanol–water partition coefficient (Wildman–Crippen LogP) is 2.10. The van der Waals surface area contributed by atoms with Crippen LogP contribution in [-0.4, -0.2) is 31.0 Å². The van der Waals surface area contributed by atoms with Crippen molar-refractivity contribution in [2.45, 2.75) is 25.4 Å². The van der Waals surface area contributed by atoms with Crippen LogP contribution in [0.2, 0.25) is 0 Å². The molecular formula is C14H19F2NO3. The van der Waals surface area contributed by atoms with Crippen LogP contribution in [0, 0.1) is 17.6 Å². The number of hydrogen-bond acceptors (Lipinski definition) is 4. The van der Waals surface area contributed by atoms with Crippen LogP contribution < -0.4 is 10.5 Å². The van der Waals surface area contributed by atoms with E-state index in [9.17, 15) is 13.9 Å². The summed E-state index contributed by atoms with van der Waals surface area (Å²) in [5.74, 6) is -2.70. The summed E-state index contributed by atoms with van der Waals surface area (Å²) >= 11 is 0. The minimum atomic E-state index is -1.11. The number of nitrogen functional groups attached to an aromatic ring is 1. The van der Waals surface area contributed by atoms with Crippen molar-refractivity contribution in [3.05, 3.63) is 23.8 Å². The largest absolute Gasteiger partial charge is 0.488 e. The number of anilines is 1. The Morgan fingerprint density at radius 1 is 1.40 bits per heavy atom. The van der Waals surface area contributed by atoms with E-state index in [1.165, 1.54) is 6.07 Å². The molecule has 0 radical (unpaired) electrons. The fraction of sp³-hybridized carbons (Fsp3) is 0.571. The second-order valence-electron chi connectivity index (χ2n) is 4.94. The van der Waals surface area contributed by atoms with E-state index in [4.69, 9.17) is 15.2 Å². The van der Waals surface area contributed by atoms with E-state index in [0.29, 0.717) is 6.61 Å². The molecule has 4 nitrogen and oxygen atoms in total. The molecule has 0 aromatic heterocycles. The van der Waals surface area contributed by atoms with Gasteiger partial charge in [0.05, 0.1) is 25.0 Å². The minimum Gasteiger partial charge on any atom is -0.488 e. The fourth-order valence-corrected chi connectivity index (χ4v) is 2.30. The third kappa shape index (κ3) is 3.37. The number of hydrogen-bond donors (Lipinski definition) is 2. The molecule has 112 valence electrons. The summed E-state index contributed by atoms with van der Waals surface area (Å²) in [5, 5.41) is 9.39. The number of halogens is 2. The molecule has 1 saturated heterocycles. The van der Waals surface area contributed by atoms with Crippen molar-refractivity contribution in [3.8, 4) is 5.75 Å². The third-order valence-electron chi connectivity index (χ3n) is 3.50. The highest BCUT2D eigenvalue weighted by Crippen LogP contribution is 2.28. The standard InChI is InChI=1S/C14H19F2NO3/c15-10-4-5-11(17)14(13(10)16)20-8-9(7-18)12-3-1-2-6-19-12/h4-5,9,12,18H,1-3,6-8,17H2/t9-,12?/m0/s1. The second-order valence-corrected chi connectivity index (χ2v) is 4.94. The highest BCUT2D eigenvalue weighted by Gasteiger charge is 2.25. The van der Waals surface area contributed by atoms with Gasteiger partial charge in [0.25, 0.3) is 0 Å². The monoisotopic (exact) mass is 287 g/mol. The molecule has 1 unspecified atom stereocenters. The van der Waals surface area contributed by atoms with Gasteiger partial charge in [-0.3, -0.25) is 0 Å². The van der Waals surface area contributed by atoms with E-state index in [-0.39, 0.29) is 36.7 Å². The van der Waals surface area contributed by atoms with Crippen molar-refractivity contribution < 1.29 is 23.4 Å². The van der Waals surface area contributed by atoms with E-state index in [0.717, 1.165) is 25.3 Å². The van der Waals surface area contributed by atoms with Crippen molar-refractivity contribution in [2.75, 3.05) is 25.6 Å². The molecule has 0 bridgehead atoms. The Balaban J connectivity index is 2.01. The summed E-state index contributed by atoms with van der Waals surface area (Å²) in [6.07, 6.45) is 2.74. The maximum Gasteiger partial charge on any atom is 0.202 e. The zero-order chi connectivity index (χ0) is 14.5. The van der Waals surface area contributed by atoms with Crippen LogP contribution in [-0.2, 0) is 4.74 Å². The maximum absolute atomic E-state index is 13.6. The summed E-state index contributed by atoms with van der Waals surface area (Å²) in [6, 6.07) is 2.20. The van der Waals surface area contributed by atoms with Gasteiger partial charge >= 0.3 is 0 Å². The summed E-state index contributed by atoms with van der Waals surface area (Å²) in [4.78, 5) is 0. The van der Waals surface area contributed by atoms with Gasteiger partial charge in [-0.1, -0.05) is 0 Å².